The van der Waals surface area contributed by atoms with Crippen LogP contribution < -0.4 is 15.4 Å². The Labute approximate surface area is 101 Å². The average Bonchev–Trinajstić information content (AvgIpc) is 2.53. The predicted octanol–water partition coefficient (Wildman–Crippen LogP) is 1.34. The number of carbonyl (C=O) groups is 2. The van der Waals surface area contributed by atoms with E-state index >= 15 is 0 Å². The van der Waals surface area contributed by atoms with Crippen LogP contribution in [0.15, 0.2) is 24.3 Å². The van der Waals surface area contributed by atoms with Crippen molar-refractivity contribution >= 4 is 11.9 Å². The van der Waals surface area contributed by atoms with E-state index < -0.39 is 24.1 Å². The standard InChI is InChI=1S/C11H10F2N2O3/c1-11(8(16)14-10(17)15-11)6-4-2-3-5-7(6)18-9(12)13/h2-5,9H,1H3,(H2,14,15,16,17). The molecule has 1 unspecified atom stereocenters. The van der Waals surface area contributed by atoms with E-state index in [9.17, 15) is 18.4 Å². The van der Waals surface area contributed by atoms with E-state index in [1.165, 1.54) is 25.1 Å². The van der Waals surface area contributed by atoms with E-state index in [0.717, 1.165) is 0 Å². The number of rotatable bonds is 3. The van der Waals surface area contributed by atoms with Crippen LogP contribution >= 0.6 is 0 Å². The number of amides is 3. The molecule has 1 aromatic rings. The van der Waals surface area contributed by atoms with Crippen molar-refractivity contribution < 1.29 is 23.1 Å². The molecule has 0 aromatic heterocycles. The van der Waals surface area contributed by atoms with Gasteiger partial charge < -0.3 is 10.1 Å². The van der Waals surface area contributed by atoms with Crippen LogP contribution in [-0.2, 0) is 10.3 Å². The molecule has 5 nitrogen and oxygen atoms in total. The number of para-hydroxylation sites is 1. The van der Waals surface area contributed by atoms with Gasteiger partial charge in [-0.15, -0.1) is 0 Å². The smallest absolute Gasteiger partial charge is 0.387 e. The van der Waals surface area contributed by atoms with Crippen molar-refractivity contribution in [2.75, 3.05) is 0 Å². The fourth-order valence-electron chi connectivity index (χ4n) is 1.81. The molecule has 0 saturated carbocycles. The first kappa shape index (κ1) is 12.3. The summed E-state index contributed by atoms with van der Waals surface area (Å²) in [6.07, 6.45) is 0. The minimum Gasteiger partial charge on any atom is -0.434 e. The number of urea groups is 1. The molecule has 1 saturated heterocycles. The van der Waals surface area contributed by atoms with Gasteiger partial charge in [-0.25, -0.2) is 4.79 Å². The van der Waals surface area contributed by atoms with E-state index in [1.807, 2.05) is 0 Å². The van der Waals surface area contributed by atoms with Crippen molar-refractivity contribution in [3.63, 3.8) is 0 Å². The molecule has 3 amide bonds. The van der Waals surface area contributed by atoms with Gasteiger partial charge in [-0.1, -0.05) is 18.2 Å². The largest absolute Gasteiger partial charge is 0.434 e. The van der Waals surface area contributed by atoms with E-state index in [2.05, 4.69) is 15.4 Å². The highest BCUT2D eigenvalue weighted by Crippen LogP contribution is 2.32. The highest BCUT2D eigenvalue weighted by Gasteiger charge is 2.45. The Morgan fingerprint density at radius 3 is 2.50 bits per heavy atom. The molecule has 0 aliphatic carbocycles. The number of carbonyl (C=O) groups excluding carboxylic acids is 2. The molecule has 1 fully saturated rings. The second-order valence-electron chi connectivity index (χ2n) is 3.91. The molecule has 0 spiro atoms. The minimum absolute atomic E-state index is 0.146. The Hall–Kier alpha value is -2.18. The third-order valence-corrected chi connectivity index (χ3v) is 2.69. The van der Waals surface area contributed by atoms with E-state index in [1.54, 1.807) is 6.07 Å². The van der Waals surface area contributed by atoms with Crippen LogP contribution in [-0.4, -0.2) is 18.5 Å². The summed E-state index contributed by atoms with van der Waals surface area (Å²) >= 11 is 0. The molecular formula is C11H10F2N2O3. The molecule has 1 heterocycles. The zero-order valence-electron chi connectivity index (χ0n) is 9.37. The summed E-state index contributed by atoms with van der Waals surface area (Å²) in [7, 11) is 0. The molecule has 0 bridgehead atoms. The molecule has 1 aliphatic heterocycles. The average molecular weight is 256 g/mol. The lowest BCUT2D eigenvalue weighted by Crippen LogP contribution is -2.41. The number of imide groups is 1. The SMILES string of the molecule is CC1(c2ccccc2OC(F)F)NC(=O)NC1=O. The molecule has 2 N–H and O–H groups in total. The van der Waals surface area contributed by atoms with Crippen LogP contribution in [0.3, 0.4) is 0 Å². The Bertz CT molecular complexity index is 507. The number of halogens is 2. The van der Waals surface area contributed by atoms with Gasteiger partial charge in [0.05, 0.1) is 0 Å². The Kier molecular flexibility index (Phi) is 2.90. The first-order chi connectivity index (χ1) is 8.43. The van der Waals surface area contributed by atoms with Gasteiger partial charge in [0, 0.05) is 5.56 Å². The number of nitrogens with one attached hydrogen (secondary N) is 2. The molecular weight excluding hydrogens is 246 g/mol. The number of benzene rings is 1. The number of ether oxygens (including phenoxy) is 1. The highest BCUT2D eigenvalue weighted by atomic mass is 19.3. The summed E-state index contributed by atoms with van der Waals surface area (Å²) in [4.78, 5) is 22.9. The van der Waals surface area contributed by atoms with Crippen molar-refractivity contribution in [3.8, 4) is 5.75 Å². The van der Waals surface area contributed by atoms with Crippen molar-refractivity contribution in [3.05, 3.63) is 29.8 Å². The van der Waals surface area contributed by atoms with Crippen molar-refractivity contribution in [1.82, 2.24) is 10.6 Å². The molecule has 18 heavy (non-hydrogen) atoms. The molecule has 7 heteroatoms. The van der Waals surface area contributed by atoms with Crippen molar-refractivity contribution in [2.24, 2.45) is 0 Å². The maximum absolute atomic E-state index is 12.3. The minimum atomic E-state index is -3.00. The van der Waals surface area contributed by atoms with Crippen LogP contribution in [0.2, 0.25) is 0 Å². The zero-order chi connectivity index (χ0) is 13.3. The zero-order valence-corrected chi connectivity index (χ0v) is 9.37. The van der Waals surface area contributed by atoms with Crippen LogP contribution in [0.4, 0.5) is 13.6 Å². The van der Waals surface area contributed by atoms with Crippen LogP contribution in [0.1, 0.15) is 12.5 Å². The molecule has 1 atom stereocenters. The maximum atomic E-state index is 12.3. The monoisotopic (exact) mass is 256 g/mol. The summed E-state index contributed by atoms with van der Waals surface area (Å²) in [5, 5.41) is 4.44. The van der Waals surface area contributed by atoms with Crippen molar-refractivity contribution in [1.29, 1.82) is 0 Å². The molecule has 1 aliphatic rings. The van der Waals surface area contributed by atoms with Gasteiger partial charge in [0.2, 0.25) is 0 Å². The lowest BCUT2D eigenvalue weighted by atomic mass is 9.91. The van der Waals surface area contributed by atoms with Gasteiger partial charge in [-0.2, -0.15) is 8.78 Å². The van der Waals surface area contributed by atoms with Crippen molar-refractivity contribution in [2.45, 2.75) is 19.1 Å². The van der Waals surface area contributed by atoms with Gasteiger partial charge in [-0.05, 0) is 13.0 Å². The third kappa shape index (κ3) is 1.99. The first-order valence-corrected chi connectivity index (χ1v) is 5.11. The van der Waals surface area contributed by atoms with E-state index in [4.69, 9.17) is 0 Å². The Morgan fingerprint density at radius 1 is 1.28 bits per heavy atom. The number of alkyl halides is 2. The highest BCUT2D eigenvalue weighted by molar-refractivity contribution is 6.07. The summed E-state index contributed by atoms with van der Waals surface area (Å²) in [6, 6.07) is 5.15. The fraction of sp³-hybridized carbons (Fsp3) is 0.273. The lowest BCUT2D eigenvalue weighted by molar-refractivity contribution is -0.124. The number of hydrogen-bond donors (Lipinski definition) is 2. The normalized spacial score (nSPS) is 22.9. The van der Waals surface area contributed by atoms with Gasteiger partial charge in [0.25, 0.3) is 5.91 Å². The molecule has 2 rings (SSSR count). The Balaban J connectivity index is 2.44. The van der Waals surface area contributed by atoms with Gasteiger partial charge in [0.1, 0.15) is 11.3 Å². The quantitative estimate of drug-likeness (QED) is 0.802. The second kappa shape index (κ2) is 4.25. The fourth-order valence-corrected chi connectivity index (χ4v) is 1.81. The predicted molar refractivity (Wildman–Crippen MR) is 57.1 cm³/mol. The molecule has 96 valence electrons. The lowest BCUT2D eigenvalue weighted by Gasteiger charge is -2.23. The maximum Gasteiger partial charge on any atom is 0.387 e. The van der Waals surface area contributed by atoms with Crippen LogP contribution in [0.25, 0.3) is 0 Å². The Morgan fingerprint density at radius 2 is 1.94 bits per heavy atom. The van der Waals surface area contributed by atoms with Gasteiger partial charge in [-0.3, -0.25) is 10.1 Å². The molecule has 1 aromatic carbocycles. The summed E-state index contributed by atoms with van der Waals surface area (Å²) in [6.45, 7) is -1.59. The first-order valence-electron chi connectivity index (χ1n) is 5.11. The van der Waals surface area contributed by atoms with E-state index in [0.29, 0.717) is 0 Å². The summed E-state index contributed by atoms with van der Waals surface area (Å²) < 4.78 is 28.9. The summed E-state index contributed by atoms with van der Waals surface area (Å²) in [5.74, 6) is -0.759. The van der Waals surface area contributed by atoms with Crippen LogP contribution in [0.5, 0.6) is 5.75 Å². The van der Waals surface area contributed by atoms with Gasteiger partial charge >= 0.3 is 12.6 Å². The number of hydrogen-bond acceptors (Lipinski definition) is 3. The molecule has 0 radical (unpaired) electrons. The second-order valence-corrected chi connectivity index (χ2v) is 3.91. The van der Waals surface area contributed by atoms with Gasteiger partial charge in [0.15, 0.2) is 0 Å². The topological polar surface area (TPSA) is 67.4 Å². The van der Waals surface area contributed by atoms with E-state index in [-0.39, 0.29) is 11.3 Å². The van der Waals surface area contributed by atoms with Crippen LogP contribution in [0, 0.1) is 0 Å². The summed E-state index contributed by atoms with van der Waals surface area (Å²) in [5.41, 5.74) is -1.24. The third-order valence-electron chi connectivity index (χ3n) is 2.69.